The van der Waals surface area contributed by atoms with Gasteiger partial charge in [0.15, 0.2) is 0 Å². The Kier molecular flexibility index (Phi) is 7.95. The van der Waals surface area contributed by atoms with E-state index >= 15 is 0 Å². The minimum Gasteiger partial charge on any atom is -0.423 e. The molecule has 0 bridgehead atoms. The SMILES string of the molecule is O=C(Oc1ccc(CC2NC(=O)C(Cc3ccc(OC(=O)c4ccc5c(c4)C(=O)OC5=O)cc3)NC2=O)cc1)c1ccc2c(c1)C(=O)OC2=O. The highest BCUT2D eigenvalue weighted by atomic mass is 16.6. The van der Waals surface area contributed by atoms with Crippen LogP contribution in [0.25, 0.3) is 0 Å². The Labute approximate surface area is 281 Å². The minimum absolute atomic E-state index is 0.0172. The van der Waals surface area contributed by atoms with Gasteiger partial charge in [0, 0.05) is 12.8 Å². The molecule has 14 heteroatoms. The maximum absolute atomic E-state index is 12.9. The van der Waals surface area contributed by atoms with Crippen LogP contribution in [0.2, 0.25) is 0 Å². The minimum atomic E-state index is -0.845. The number of carbonyl (C=O) groups excluding carboxylic acids is 8. The van der Waals surface area contributed by atoms with E-state index in [1.54, 1.807) is 24.3 Å². The lowest BCUT2D eigenvalue weighted by Gasteiger charge is -2.29. The van der Waals surface area contributed by atoms with Crippen molar-refractivity contribution in [3.8, 4) is 11.5 Å². The second kappa shape index (κ2) is 12.6. The number of ether oxygens (including phenoxy) is 4. The Morgan fingerprint density at radius 3 is 1.24 bits per heavy atom. The molecular formula is C36H22N2O12. The number of nitrogens with one attached hydrogen (secondary N) is 2. The molecule has 3 aliphatic rings. The van der Waals surface area contributed by atoms with Crippen LogP contribution >= 0.6 is 0 Å². The number of esters is 6. The molecule has 4 aromatic carbocycles. The van der Waals surface area contributed by atoms with Crippen molar-refractivity contribution in [2.24, 2.45) is 0 Å². The third-order valence-corrected chi connectivity index (χ3v) is 8.17. The number of piperazine rings is 1. The van der Waals surface area contributed by atoms with Gasteiger partial charge in [-0.15, -0.1) is 0 Å². The second-order valence-corrected chi connectivity index (χ2v) is 11.5. The number of carbonyl (C=O) groups is 8. The molecule has 50 heavy (non-hydrogen) atoms. The fourth-order valence-electron chi connectivity index (χ4n) is 5.58. The zero-order valence-electron chi connectivity index (χ0n) is 25.6. The van der Waals surface area contributed by atoms with Gasteiger partial charge >= 0.3 is 35.8 Å². The van der Waals surface area contributed by atoms with Crippen LogP contribution in [-0.4, -0.2) is 59.7 Å². The van der Waals surface area contributed by atoms with Crippen molar-refractivity contribution < 1.29 is 57.3 Å². The number of hydrogen-bond donors (Lipinski definition) is 2. The Bertz CT molecular complexity index is 2020. The summed E-state index contributed by atoms with van der Waals surface area (Å²) in [7, 11) is 0. The van der Waals surface area contributed by atoms with Crippen LogP contribution < -0.4 is 20.1 Å². The van der Waals surface area contributed by atoms with E-state index < -0.39 is 47.9 Å². The molecule has 0 spiro atoms. The van der Waals surface area contributed by atoms with E-state index in [0.717, 1.165) is 0 Å². The topological polar surface area (TPSA) is 198 Å². The van der Waals surface area contributed by atoms with Crippen molar-refractivity contribution in [1.82, 2.24) is 10.6 Å². The third-order valence-electron chi connectivity index (χ3n) is 8.17. The van der Waals surface area contributed by atoms with Crippen molar-refractivity contribution in [2.45, 2.75) is 24.9 Å². The normalized spacial score (nSPS) is 17.6. The number of amides is 2. The van der Waals surface area contributed by atoms with Crippen LogP contribution in [0.3, 0.4) is 0 Å². The molecule has 1 saturated heterocycles. The van der Waals surface area contributed by atoms with Crippen LogP contribution in [0, 0.1) is 0 Å². The predicted molar refractivity (Wildman–Crippen MR) is 166 cm³/mol. The van der Waals surface area contributed by atoms with Gasteiger partial charge in [0.25, 0.3) is 0 Å². The molecule has 3 heterocycles. The third kappa shape index (κ3) is 6.20. The number of rotatable bonds is 8. The molecule has 0 saturated carbocycles. The Hall–Kier alpha value is -6.96. The number of hydrogen-bond acceptors (Lipinski definition) is 12. The predicted octanol–water partition coefficient (Wildman–Crippen LogP) is 2.51. The molecule has 0 radical (unpaired) electrons. The van der Waals surface area contributed by atoms with Crippen molar-refractivity contribution >= 4 is 47.6 Å². The number of benzene rings is 4. The van der Waals surface area contributed by atoms with Gasteiger partial charge in [0.1, 0.15) is 23.6 Å². The molecule has 2 amide bonds. The van der Waals surface area contributed by atoms with Gasteiger partial charge < -0.3 is 29.6 Å². The molecule has 14 nitrogen and oxygen atoms in total. The summed E-state index contributed by atoms with van der Waals surface area (Å²) in [6, 6.07) is 18.8. The first kappa shape index (κ1) is 31.6. The molecule has 4 aromatic rings. The fraction of sp³-hybridized carbons (Fsp3) is 0.111. The van der Waals surface area contributed by atoms with Gasteiger partial charge in [0.05, 0.1) is 33.4 Å². The molecule has 2 N–H and O–H groups in total. The van der Waals surface area contributed by atoms with E-state index in [4.69, 9.17) is 9.47 Å². The summed E-state index contributed by atoms with van der Waals surface area (Å²) in [6.07, 6.45) is 0.336. The maximum Gasteiger partial charge on any atom is 0.346 e. The lowest BCUT2D eigenvalue weighted by molar-refractivity contribution is -0.136. The number of cyclic esters (lactones) is 4. The molecule has 2 atom stereocenters. The molecule has 1 fully saturated rings. The molecule has 3 aliphatic heterocycles. The highest BCUT2D eigenvalue weighted by Gasteiger charge is 2.34. The maximum atomic E-state index is 12.9. The second-order valence-electron chi connectivity index (χ2n) is 11.5. The first-order chi connectivity index (χ1) is 24.0. The lowest BCUT2D eigenvalue weighted by atomic mass is 9.98. The van der Waals surface area contributed by atoms with Crippen LogP contribution in [0.5, 0.6) is 11.5 Å². The van der Waals surface area contributed by atoms with E-state index in [0.29, 0.717) is 11.1 Å². The van der Waals surface area contributed by atoms with Crippen LogP contribution in [-0.2, 0) is 31.9 Å². The summed E-state index contributed by atoms with van der Waals surface area (Å²) in [6.45, 7) is 0. The van der Waals surface area contributed by atoms with E-state index in [1.807, 2.05) is 0 Å². The van der Waals surface area contributed by atoms with E-state index in [2.05, 4.69) is 20.1 Å². The van der Waals surface area contributed by atoms with E-state index in [1.165, 1.54) is 60.7 Å². The Morgan fingerprint density at radius 2 is 0.860 bits per heavy atom. The van der Waals surface area contributed by atoms with Crippen molar-refractivity contribution in [3.63, 3.8) is 0 Å². The molecule has 248 valence electrons. The summed E-state index contributed by atoms with van der Waals surface area (Å²) in [5.41, 5.74) is 1.58. The fourth-order valence-corrected chi connectivity index (χ4v) is 5.58. The van der Waals surface area contributed by atoms with E-state index in [9.17, 15) is 38.4 Å². The Balaban J connectivity index is 0.905. The average molecular weight is 675 g/mol. The first-order valence-corrected chi connectivity index (χ1v) is 15.1. The van der Waals surface area contributed by atoms with Gasteiger partial charge in [-0.1, -0.05) is 24.3 Å². The highest BCUT2D eigenvalue weighted by Crippen LogP contribution is 2.24. The van der Waals surface area contributed by atoms with Crippen molar-refractivity contribution in [1.29, 1.82) is 0 Å². The van der Waals surface area contributed by atoms with Gasteiger partial charge in [-0.2, -0.15) is 0 Å². The summed E-state index contributed by atoms with van der Waals surface area (Å²) < 4.78 is 19.8. The highest BCUT2D eigenvalue weighted by molar-refractivity contribution is 6.16. The van der Waals surface area contributed by atoms with Crippen molar-refractivity contribution in [2.75, 3.05) is 0 Å². The zero-order valence-corrected chi connectivity index (χ0v) is 25.6. The molecule has 0 aliphatic carbocycles. The Morgan fingerprint density at radius 1 is 0.500 bits per heavy atom. The largest absolute Gasteiger partial charge is 0.423 e. The van der Waals surface area contributed by atoms with Crippen LogP contribution in [0.15, 0.2) is 84.9 Å². The smallest absolute Gasteiger partial charge is 0.346 e. The number of fused-ring (bicyclic) bond motifs is 2. The molecule has 0 aromatic heterocycles. The molecule has 7 rings (SSSR count). The van der Waals surface area contributed by atoms with Gasteiger partial charge in [0.2, 0.25) is 11.8 Å². The van der Waals surface area contributed by atoms with Crippen LogP contribution in [0.4, 0.5) is 0 Å². The standard InChI is InChI=1S/C36H22N2O12/c39-29-27(13-17-1-7-21(8-2-17)47-31(41)19-5-11-23-25(15-19)35(45)49-33(23)43)37-30(40)28(38-29)14-18-3-9-22(10-4-18)48-32(42)20-6-12-24-26(16-20)36(46)50-34(24)44/h1-12,15-16,27-28H,13-14H2,(H,37,40)(H,38,39). The van der Waals surface area contributed by atoms with Gasteiger partial charge in [-0.25, -0.2) is 28.8 Å². The average Bonchev–Trinajstić information content (AvgIpc) is 3.56. The molecule has 2 unspecified atom stereocenters. The summed E-state index contributed by atoms with van der Waals surface area (Å²) in [4.78, 5) is 97.8. The summed E-state index contributed by atoms with van der Waals surface area (Å²) in [5, 5.41) is 5.48. The van der Waals surface area contributed by atoms with E-state index in [-0.39, 0.29) is 69.5 Å². The molecular weight excluding hydrogens is 652 g/mol. The van der Waals surface area contributed by atoms with Gasteiger partial charge in [-0.05, 0) is 71.8 Å². The quantitative estimate of drug-likeness (QED) is 0.158. The summed E-state index contributed by atoms with van der Waals surface area (Å²) >= 11 is 0. The zero-order chi connectivity index (χ0) is 35.1. The summed E-state index contributed by atoms with van der Waals surface area (Å²) in [5.74, 6) is -5.11. The monoisotopic (exact) mass is 674 g/mol. The lowest BCUT2D eigenvalue weighted by Crippen LogP contribution is -2.62. The first-order valence-electron chi connectivity index (χ1n) is 15.1. The van der Waals surface area contributed by atoms with Crippen LogP contribution in [0.1, 0.15) is 73.3 Å². The van der Waals surface area contributed by atoms with Crippen molar-refractivity contribution in [3.05, 3.63) is 129 Å². The van der Waals surface area contributed by atoms with Gasteiger partial charge in [-0.3, -0.25) is 9.59 Å².